The van der Waals surface area contributed by atoms with Gasteiger partial charge in [-0.15, -0.1) is 0 Å². The third-order valence-electron chi connectivity index (χ3n) is 3.85. The first-order chi connectivity index (χ1) is 9.81. The molecule has 0 aromatic heterocycles. The Hall–Kier alpha value is -1.36. The molecule has 1 aliphatic heterocycles. The van der Waals surface area contributed by atoms with Gasteiger partial charge >= 0.3 is 0 Å². The number of rotatable bonds is 5. The number of anilines is 1. The minimum atomic E-state index is -3.28. The predicted molar refractivity (Wildman–Crippen MR) is 85.4 cm³/mol. The molecule has 0 radical (unpaired) electrons. The summed E-state index contributed by atoms with van der Waals surface area (Å²) in [6.45, 7) is 6.12. The molecule has 0 fully saturated rings. The van der Waals surface area contributed by atoms with Gasteiger partial charge in [0, 0.05) is 12.1 Å². The Balaban J connectivity index is 2.32. The van der Waals surface area contributed by atoms with Gasteiger partial charge < -0.3 is 0 Å². The van der Waals surface area contributed by atoms with Gasteiger partial charge in [0.15, 0.2) is 5.78 Å². The van der Waals surface area contributed by atoms with Crippen molar-refractivity contribution in [2.75, 3.05) is 16.6 Å². The molecule has 1 aromatic carbocycles. The van der Waals surface area contributed by atoms with Crippen LogP contribution in [0.5, 0.6) is 0 Å². The van der Waals surface area contributed by atoms with Crippen molar-refractivity contribution < 1.29 is 13.2 Å². The van der Waals surface area contributed by atoms with Crippen LogP contribution < -0.4 is 4.31 Å². The molecule has 0 bridgehead atoms. The van der Waals surface area contributed by atoms with Crippen molar-refractivity contribution in [2.45, 2.75) is 40.0 Å². The van der Waals surface area contributed by atoms with Crippen LogP contribution in [0.3, 0.4) is 0 Å². The molecule has 0 saturated heterocycles. The van der Waals surface area contributed by atoms with Crippen molar-refractivity contribution in [3.05, 3.63) is 29.3 Å². The number of carbonyl (C=O) groups is 1. The van der Waals surface area contributed by atoms with Crippen LogP contribution in [-0.4, -0.2) is 26.5 Å². The molecule has 1 aliphatic rings. The summed E-state index contributed by atoms with van der Waals surface area (Å²) >= 11 is 0. The van der Waals surface area contributed by atoms with Crippen LogP contribution in [0.25, 0.3) is 0 Å². The SMILES string of the molecule is CC(=O)c1ccc2c(c1)CCCN2S(=O)(=O)CCC(C)C. The highest BCUT2D eigenvalue weighted by atomic mass is 32.2. The van der Waals surface area contributed by atoms with Crippen LogP contribution in [0.1, 0.15) is 49.5 Å². The predicted octanol–water partition coefficient (Wildman–Crippen LogP) is 3.02. The Morgan fingerprint density at radius 2 is 2.05 bits per heavy atom. The van der Waals surface area contributed by atoms with Crippen molar-refractivity contribution in [1.82, 2.24) is 0 Å². The van der Waals surface area contributed by atoms with E-state index in [0.29, 0.717) is 24.4 Å². The Morgan fingerprint density at radius 1 is 1.33 bits per heavy atom. The summed E-state index contributed by atoms with van der Waals surface area (Å²) in [5.74, 6) is 0.556. The zero-order valence-electron chi connectivity index (χ0n) is 12.9. The molecule has 0 N–H and O–H groups in total. The van der Waals surface area contributed by atoms with Gasteiger partial charge in [-0.1, -0.05) is 13.8 Å². The van der Waals surface area contributed by atoms with E-state index in [1.807, 2.05) is 19.9 Å². The molecule has 0 unspecified atom stereocenters. The molecule has 0 spiro atoms. The van der Waals surface area contributed by atoms with E-state index in [9.17, 15) is 13.2 Å². The van der Waals surface area contributed by atoms with Crippen molar-refractivity contribution in [2.24, 2.45) is 5.92 Å². The molecule has 21 heavy (non-hydrogen) atoms. The number of aryl methyl sites for hydroxylation is 1. The van der Waals surface area contributed by atoms with Gasteiger partial charge in [0.2, 0.25) is 10.0 Å². The summed E-state index contributed by atoms with van der Waals surface area (Å²) in [6.07, 6.45) is 2.29. The monoisotopic (exact) mass is 309 g/mol. The van der Waals surface area contributed by atoms with Crippen LogP contribution in [-0.2, 0) is 16.4 Å². The Kier molecular flexibility index (Phi) is 4.71. The van der Waals surface area contributed by atoms with Crippen molar-refractivity contribution in [3.8, 4) is 0 Å². The quantitative estimate of drug-likeness (QED) is 0.786. The number of ketones is 1. The maximum absolute atomic E-state index is 12.5. The second-order valence-corrected chi connectivity index (χ2v) is 8.09. The van der Waals surface area contributed by atoms with Crippen molar-refractivity contribution >= 4 is 21.5 Å². The lowest BCUT2D eigenvalue weighted by Gasteiger charge is -2.31. The smallest absolute Gasteiger partial charge is 0.235 e. The van der Waals surface area contributed by atoms with Gasteiger partial charge in [-0.25, -0.2) is 8.42 Å². The van der Waals surface area contributed by atoms with Crippen LogP contribution in [0, 0.1) is 5.92 Å². The lowest BCUT2D eigenvalue weighted by Crippen LogP contribution is -2.37. The number of nitrogens with zero attached hydrogens (tertiary/aromatic N) is 1. The number of Topliss-reactive ketones (excluding diaryl/α,β-unsaturated/α-hetero) is 1. The van der Waals surface area contributed by atoms with Gasteiger partial charge in [0.25, 0.3) is 0 Å². The molecule has 2 rings (SSSR count). The minimum Gasteiger partial charge on any atom is -0.295 e. The first-order valence-corrected chi connectivity index (χ1v) is 9.06. The van der Waals surface area contributed by atoms with Gasteiger partial charge in [-0.2, -0.15) is 0 Å². The first-order valence-electron chi connectivity index (χ1n) is 7.45. The van der Waals surface area contributed by atoms with Crippen molar-refractivity contribution in [3.63, 3.8) is 0 Å². The summed E-state index contributed by atoms with van der Waals surface area (Å²) in [5.41, 5.74) is 2.35. The third kappa shape index (κ3) is 3.64. The fraction of sp³-hybridized carbons (Fsp3) is 0.562. The fourth-order valence-electron chi connectivity index (χ4n) is 2.57. The highest BCUT2D eigenvalue weighted by Crippen LogP contribution is 2.31. The number of carbonyl (C=O) groups excluding carboxylic acids is 1. The highest BCUT2D eigenvalue weighted by molar-refractivity contribution is 7.92. The van der Waals surface area contributed by atoms with E-state index in [0.717, 1.165) is 24.1 Å². The zero-order chi connectivity index (χ0) is 15.6. The van der Waals surface area contributed by atoms with Gasteiger partial charge in [0.05, 0.1) is 11.4 Å². The summed E-state index contributed by atoms with van der Waals surface area (Å²) in [6, 6.07) is 5.33. The molecule has 5 heteroatoms. The van der Waals surface area contributed by atoms with Gasteiger partial charge in [-0.05, 0) is 55.9 Å². The topological polar surface area (TPSA) is 54.5 Å². The lowest BCUT2D eigenvalue weighted by atomic mass is 9.99. The Morgan fingerprint density at radius 3 is 2.67 bits per heavy atom. The molecule has 116 valence electrons. The number of benzene rings is 1. The maximum Gasteiger partial charge on any atom is 0.235 e. The van der Waals surface area contributed by atoms with Crippen molar-refractivity contribution in [1.29, 1.82) is 0 Å². The molecule has 0 saturated carbocycles. The Labute approximate surface area is 127 Å². The molecular weight excluding hydrogens is 286 g/mol. The second kappa shape index (κ2) is 6.18. The van der Waals surface area contributed by atoms with E-state index >= 15 is 0 Å². The van der Waals surface area contributed by atoms with Crippen LogP contribution in [0.4, 0.5) is 5.69 Å². The largest absolute Gasteiger partial charge is 0.295 e. The molecule has 0 aliphatic carbocycles. The second-order valence-electron chi connectivity index (χ2n) is 6.07. The van der Waals surface area contributed by atoms with E-state index in [-0.39, 0.29) is 11.5 Å². The number of hydrogen-bond acceptors (Lipinski definition) is 3. The minimum absolute atomic E-state index is 0.0117. The van der Waals surface area contributed by atoms with E-state index in [1.165, 1.54) is 11.2 Å². The number of hydrogen-bond donors (Lipinski definition) is 0. The third-order valence-corrected chi connectivity index (χ3v) is 5.65. The molecule has 1 heterocycles. The number of fused-ring (bicyclic) bond motifs is 1. The molecule has 4 nitrogen and oxygen atoms in total. The summed E-state index contributed by atoms with van der Waals surface area (Å²) in [5, 5.41) is 0. The standard InChI is InChI=1S/C16H23NO3S/c1-12(2)8-10-21(19,20)17-9-4-5-15-11-14(13(3)18)6-7-16(15)17/h6-7,11-12H,4-5,8-10H2,1-3H3. The Bertz CT molecular complexity index is 635. The average Bonchev–Trinajstić information content (AvgIpc) is 2.44. The average molecular weight is 309 g/mol. The van der Waals surface area contributed by atoms with E-state index < -0.39 is 10.0 Å². The number of sulfonamides is 1. The lowest BCUT2D eigenvalue weighted by molar-refractivity contribution is 0.101. The summed E-state index contributed by atoms with van der Waals surface area (Å²) in [7, 11) is -3.28. The molecule has 0 amide bonds. The molecule has 0 atom stereocenters. The maximum atomic E-state index is 12.5. The highest BCUT2D eigenvalue weighted by Gasteiger charge is 2.27. The van der Waals surface area contributed by atoms with E-state index in [1.54, 1.807) is 12.1 Å². The van der Waals surface area contributed by atoms with E-state index in [4.69, 9.17) is 0 Å². The van der Waals surface area contributed by atoms with Crippen LogP contribution in [0.15, 0.2) is 18.2 Å². The summed E-state index contributed by atoms with van der Waals surface area (Å²) in [4.78, 5) is 11.5. The van der Waals surface area contributed by atoms with Gasteiger partial charge in [0.1, 0.15) is 0 Å². The molecular formula is C16H23NO3S. The normalized spacial score (nSPS) is 15.1. The first kappa shape index (κ1) is 16.0. The van der Waals surface area contributed by atoms with Gasteiger partial charge in [-0.3, -0.25) is 9.10 Å². The fourth-order valence-corrected chi connectivity index (χ4v) is 4.44. The van der Waals surface area contributed by atoms with Crippen LogP contribution in [0.2, 0.25) is 0 Å². The van der Waals surface area contributed by atoms with Crippen LogP contribution >= 0.6 is 0 Å². The zero-order valence-corrected chi connectivity index (χ0v) is 13.7. The summed E-state index contributed by atoms with van der Waals surface area (Å²) < 4.78 is 26.6. The van der Waals surface area contributed by atoms with E-state index in [2.05, 4.69) is 0 Å². The molecule has 1 aromatic rings.